The molecule has 1 heterocycles. The van der Waals surface area contributed by atoms with E-state index >= 15 is 0 Å². The van der Waals surface area contributed by atoms with Crippen LogP contribution in [0.1, 0.15) is 16.7 Å². The summed E-state index contributed by atoms with van der Waals surface area (Å²) in [4.78, 5) is 15.2. The molecule has 0 saturated heterocycles. The van der Waals surface area contributed by atoms with E-state index in [9.17, 15) is 4.79 Å². The Hall–Kier alpha value is -5.08. The van der Waals surface area contributed by atoms with E-state index in [1.165, 1.54) is 11.1 Å². The predicted octanol–water partition coefficient (Wildman–Crippen LogP) is 6.49. The lowest BCUT2D eigenvalue weighted by molar-refractivity contribution is 0.197. The Kier molecular flexibility index (Phi) is 9.84. The summed E-state index contributed by atoms with van der Waals surface area (Å²) in [6.07, 6.45) is 3.59. The van der Waals surface area contributed by atoms with Crippen LogP contribution < -0.4 is 20.1 Å². The molecule has 5 aromatic rings. The first-order valence-electron chi connectivity index (χ1n) is 13.9. The van der Waals surface area contributed by atoms with Crippen LogP contribution >= 0.6 is 0 Å². The van der Waals surface area contributed by atoms with Gasteiger partial charge in [0.25, 0.3) is 0 Å². The number of rotatable bonds is 13. The standard InChI is InChI=1S/C34H35N5O3/c1-41-31-14-8-13-28(19-31)21-35-34(40)38-32-16-15-29(30-22-36-37-23-30)20-33(32)42-18-17-39(24-26-9-4-2-5-10-26)25-27-11-6-3-7-12-27/h2-16,19-20,22-23H,17-18,21,24-25H2,1H3,(H,36,37)(H2,35,38,40). The maximum Gasteiger partial charge on any atom is 0.319 e. The van der Waals surface area contributed by atoms with Crippen molar-refractivity contribution in [1.29, 1.82) is 0 Å². The number of H-pyrrole nitrogens is 1. The van der Waals surface area contributed by atoms with E-state index in [4.69, 9.17) is 9.47 Å². The highest BCUT2D eigenvalue weighted by Crippen LogP contribution is 2.31. The number of benzene rings is 4. The molecule has 8 nitrogen and oxygen atoms in total. The van der Waals surface area contributed by atoms with Gasteiger partial charge in [-0.05, 0) is 46.5 Å². The topological polar surface area (TPSA) is 91.5 Å². The van der Waals surface area contributed by atoms with Crippen LogP contribution in [0.5, 0.6) is 11.5 Å². The molecule has 0 saturated carbocycles. The number of aromatic amines is 1. The van der Waals surface area contributed by atoms with Crippen LogP contribution in [0.4, 0.5) is 10.5 Å². The number of nitrogens with one attached hydrogen (secondary N) is 3. The quantitative estimate of drug-likeness (QED) is 0.153. The molecule has 4 aromatic carbocycles. The van der Waals surface area contributed by atoms with Crippen LogP contribution in [0.2, 0.25) is 0 Å². The zero-order chi connectivity index (χ0) is 29.0. The number of methoxy groups -OCH3 is 1. The summed E-state index contributed by atoms with van der Waals surface area (Å²) < 4.78 is 11.6. The van der Waals surface area contributed by atoms with Crippen LogP contribution in [-0.4, -0.2) is 41.4 Å². The largest absolute Gasteiger partial charge is 0.497 e. The van der Waals surface area contributed by atoms with E-state index in [1.54, 1.807) is 13.3 Å². The second-order valence-electron chi connectivity index (χ2n) is 9.89. The minimum atomic E-state index is -0.325. The van der Waals surface area contributed by atoms with Crippen LogP contribution in [0.3, 0.4) is 0 Å². The molecule has 0 radical (unpaired) electrons. The Balaban J connectivity index is 1.27. The molecule has 8 heteroatoms. The minimum absolute atomic E-state index is 0.325. The molecule has 0 aliphatic carbocycles. The van der Waals surface area contributed by atoms with Crippen LogP contribution in [0, 0.1) is 0 Å². The number of anilines is 1. The first-order valence-corrected chi connectivity index (χ1v) is 13.9. The third-order valence-electron chi connectivity index (χ3n) is 6.81. The summed E-state index contributed by atoms with van der Waals surface area (Å²) in [5, 5.41) is 12.8. The molecule has 2 amide bonds. The van der Waals surface area contributed by atoms with Gasteiger partial charge >= 0.3 is 6.03 Å². The maximum absolute atomic E-state index is 12.9. The average Bonchev–Trinajstić information content (AvgIpc) is 3.57. The van der Waals surface area contributed by atoms with E-state index in [0.29, 0.717) is 31.1 Å². The van der Waals surface area contributed by atoms with Crippen LogP contribution in [-0.2, 0) is 19.6 Å². The molecule has 0 bridgehead atoms. The summed E-state index contributed by atoms with van der Waals surface area (Å²) >= 11 is 0. The molecule has 1 aromatic heterocycles. The van der Waals surface area contributed by atoms with Gasteiger partial charge in [0, 0.05) is 37.9 Å². The summed E-state index contributed by atoms with van der Waals surface area (Å²) in [6, 6.07) is 33.9. The molecule has 0 aliphatic rings. The van der Waals surface area contributed by atoms with Crippen molar-refractivity contribution >= 4 is 11.7 Å². The van der Waals surface area contributed by atoms with Gasteiger partial charge in [-0.1, -0.05) is 78.9 Å². The molecule has 5 rings (SSSR count). The molecule has 0 atom stereocenters. The van der Waals surface area contributed by atoms with Gasteiger partial charge < -0.3 is 20.1 Å². The highest BCUT2D eigenvalue weighted by Gasteiger charge is 2.13. The highest BCUT2D eigenvalue weighted by molar-refractivity contribution is 5.91. The van der Waals surface area contributed by atoms with Gasteiger partial charge in [-0.2, -0.15) is 5.10 Å². The van der Waals surface area contributed by atoms with Crippen LogP contribution in [0.25, 0.3) is 11.1 Å². The average molecular weight is 562 g/mol. The Morgan fingerprint density at radius 2 is 1.55 bits per heavy atom. The van der Waals surface area contributed by atoms with E-state index in [1.807, 2.05) is 60.8 Å². The zero-order valence-corrected chi connectivity index (χ0v) is 23.6. The number of ether oxygens (including phenoxy) is 2. The van der Waals surface area contributed by atoms with Gasteiger partial charge in [0.15, 0.2) is 0 Å². The van der Waals surface area contributed by atoms with Crippen LogP contribution in [0.15, 0.2) is 116 Å². The number of urea groups is 1. The fourth-order valence-corrected chi connectivity index (χ4v) is 4.65. The van der Waals surface area contributed by atoms with Crippen molar-refractivity contribution in [2.75, 3.05) is 25.6 Å². The second-order valence-corrected chi connectivity index (χ2v) is 9.89. The van der Waals surface area contributed by atoms with Gasteiger partial charge in [-0.3, -0.25) is 10.00 Å². The number of carbonyl (C=O) groups is 1. The molecular weight excluding hydrogens is 526 g/mol. The first-order chi connectivity index (χ1) is 20.7. The van der Waals surface area contributed by atoms with Crippen molar-refractivity contribution < 1.29 is 14.3 Å². The van der Waals surface area contributed by atoms with E-state index in [0.717, 1.165) is 35.5 Å². The predicted molar refractivity (Wildman–Crippen MR) is 165 cm³/mol. The summed E-state index contributed by atoms with van der Waals surface area (Å²) in [5.41, 5.74) is 5.88. The van der Waals surface area contributed by atoms with Gasteiger partial charge in [0.05, 0.1) is 19.0 Å². The monoisotopic (exact) mass is 561 g/mol. The molecule has 42 heavy (non-hydrogen) atoms. The van der Waals surface area contributed by atoms with Crippen molar-refractivity contribution in [2.24, 2.45) is 0 Å². The molecule has 0 unspecified atom stereocenters. The SMILES string of the molecule is COc1cccc(CNC(=O)Nc2ccc(-c3cn[nH]c3)cc2OCCN(Cc2ccccc2)Cc2ccccc2)c1. The maximum atomic E-state index is 12.9. The molecular formula is C34H35N5O3. The molecule has 214 valence electrons. The molecule has 0 aliphatic heterocycles. The number of carbonyl (C=O) groups excluding carboxylic acids is 1. The summed E-state index contributed by atoms with van der Waals surface area (Å²) in [5.74, 6) is 1.33. The number of aromatic nitrogens is 2. The number of amides is 2. The molecule has 0 fully saturated rings. The Morgan fingerprint density at radius 1 is 0.833 bits per heavy atom. The summed E-state index contributed by atoms with van der Waals surface area (Å²) in [7, 11) is 1.62. The highest BCUT2D eigenvalue weighted by atomic mass is 16.5. The first kappa shape index (κ1) is 28.4. The van der Waals surface area contributed by atoms with Crippen molar-refractivity contribution in [3.63, 3.8) is 0 Å². The lowest BCUT2D eigenvalue weighted by Gasteiger charge is -2.23. The minimum Gasteiger partial charge on any atom is -0.497 e. The third-order valence-corrected chi connectivity index (χ3v) is 6.81. The van der Waals surface area contributed by atoms with E-state index < -0.39 is 0 Å². The van der Waals surface area contributed by atoms with Gasteiger partial charge in [0.2, 0.25) is 0 Å². The fraction of sp³-hybridized carbons (Fsp3) is 0.176. The normalized spacial score (nSPS) is 10.8. The third kappa shape index (κ3) is 8.22. The number of hydrogen-bond donors (Lipinski definition) is 3. The van der Waals surface area contributed by atoms with Crippen molar-refractivity contribution in [3.05, 3.63) is 132 Å². The molecule has 3 N–H and O–H groups in total. The molecule has 0 spiro atoms. The van der Waals surface area contributed by atoms with Gasteiger partial charge in [-0.25, -0.2) is 4.79 Å². The Morgan fingerprint density at radius 3 is 2.21 bits per heavy atom. The lowest BCUT2D eigenvalue weighted by atomic mass is 10.1. The Bertz CT molecular complexity index is 1500. The Labute approximate surface area is 246 Å². The van der Waals surface area contributed by atoms with E-state index in [-0.39, 0.29) is 6.03 Å². The van der Waals surface area contributed by atoms with Crippen molar-refractivity contribution in [2.45, 2.75) is 19.6 Å². The summed E-state index contributed by atoms with van der Waals surface area (Å²) in [6.45, 7) is 3.09. The lowest BCUT2D eigenvalue weighted by Crippen LogP contribution is -2.29. The van der Waals surface area contributed by atoms with E-state index in [2.05, 4.69) is 74.3 Å². The second kappa shape index (κ2) is 14.5. The van der Waals surface area contributed by atoms with Crippen molar-refractivity contribution in [1.82, 2.24) is 20.4 Å². The zero-order valence-electron chi connectivity index (χ0n) is 23.6. The van der Waals surface area contributed by atoms with Gasteiger partial charge in [0.1, 0.15) is 18.1 Å². The van der Waals surface area contributed by atoms with Gasteiger partial charge in [-0.15, -0.1) is 0 Å². The van der Waals surface area contributed by atoms with Crippen molar-refractivity contribution in [3.8, 4) is 22.6 Å². The number of hydrogen-bond acceptors (Lipinski definition) is 5. The number of nitrogens with zero attached hydrogens (tertiary/aromatic N) is 2. The smallest absolute Gasteiger partial charge is 0.319 e. The fourth-order valence-electron chi connectivity index (χ4n) is 4.65.